The Morgan fingerprint density at radius 2 is 2.14 bits per heavy atom. The summed E-state index contributed by atoms with van der Waals surface area (Å²) >= 11 is 0. The number of hydrogen-bond acceptors (Lipinski definition) is 4. The highest BCUT2D eigenvalue weighted by molar-refractivity contribution is 5.94. The van der Waals surface area contributed by atoms with E-state index >= 15 is 0 Å². The fraction of sp³-hybridized carbons (Fsp3) is 0.250. The molecule has 0 amide bonds. The Kier molecular flexibility index (Phi) is 5.59. The number of methoxy groups -OCH3 is 2. The number of nitrogens with one attached hydrogen (secondary N) is 1. The van der Waals surface area contributed by atoms with Gasteiger partial charge >= 0.3 is 0 Å². The van der Waals surface area contributed by atoms with Gasteiger partial charge in [0.25, 0.3) is 0 Å². The van der Waals surface area contributed by atoms with Crippen molar-refractivity contribution in [2.24, 2.45) is 10.7 Å². The molecule has 116 valence electrons. The Morgan fingerprint density at radius 3 is 2.82 bits per heavy atom. The number of hydrogen-bond donors (Lipinski definition) is 2. The molecule has 0 aliphatic carbocycles. The molecule has 0 aliphatic heterocycles. The van der Waals surface area contributed by atoms with Gasteiger partial charge in [-0.15, -0.1) is 0 Å². The quantitative estimate of drug-likeness (QED) is 0.630. The molecule has 0 bridgehead atoms. The van der Waals surface area contributed by atoms with Gasteiger partial charge in [-0.05, 0) is 30.2 Å². The highest BCUT2D eigenvalue weighted by Gasteiger charge is 2.05. The monoisotopic (exact) mass is 300 g/mol. The summed E-state index contributed by atoms with van der Waals surface area (Å²) in [5.41, 5.74) is 7.75. The summed E-state index contributed by atoms with van der Waals surface area (Å²) in [6.07, 6.45) is 4.35. The number of guanidine groups is 1. The summed E-state index contributed by atoms with van der Waals surface area (Å²) in [4.78, 5) is 8.37. The van der Waals surface area contributed by atoms with Crippen LogP contribution in [0.2, 0.25) is 0 Å². The Morgan fingerprint density at radius 1 is 1.27 bits per heavy atom. The second-order valence-corrected chi connectivity index (χ2v) is 4.57. The number of benzene rings is 1. The van der Waals surface area contributed by atoms with Crippen LogP contribution in [0.15, 0.2) is 47.7 Å². The molecular weight excluding hydrogens is 280 g/mol. The zero-order valence-electron chi connectivity index (χ0n) is 12.7. The fourth-order valence-electron chi connectivity index (χ4n) is 1.94. The van der Waals surface area contributed by atoms with Gasteiger partial charge in [0.05, 0.1) is 19.9 Å². The molecule has 0 unspecified atom stereocenters. The number of pyridine rings is 1. The van der Waals surface area contributed by atoms with E-state index in [1.54, 1.807) is 20.4 Å². The van der Waals surface area contributed by atoms with E-state index in [4.69, 9.17) is 15.2 Å². The van der Waals surface area contributed by atoms with E-state index in [0.29, 0.717) is 29.7 Å². The van der Waals surface area contributed by atoms with Crippen LogP contribution in [-0.2, 0) is 6.42 Å². The summed E-state index contributed by atoms with van der Waals surface area (Å²) in [6.45, 7) is 0.580. The number of nitrogens with two attached hydrogens (primary N) is 1. The van der Waals surface area contributed by atoms with E-state index in [2.05, 4.69) is 15.3 Å². The molecule has 0 aliphatic rings. The Balaban J connectivity index is 1.98. The average Bonchev–Trinajstić information content (AvgIpc) is 2.55. The number of anilines is 1. The lowest BCUT2D eigenvalue weighted by Gasteiger charge is -2.12. The van der Waals surface area contributed by atoms with Crippen molar-refractivity contribution in [1.82, 2.24) is 4.98 Å². The molecule has 0 saturated heterocycles. The average molecular weight is 300 g/mol. The van der Waals surface area contributed by atoms with E-state index in [1.807, 2.05) is 36.5 Å². The molecule has 1 aromatic carbocycles. The topological polar surface area (TPSA) is 81.8 Å². The standard InChI is InChI=1S/C16H20N4O2/c1-21-13-5-6-15(22-2)14(10-13)20-16(17)19-9-7-12-4-3-8-18-11-12/h3-6,8,10-11H,7,9H2,1-2H3,(H3,17,19,20). The number of aromatic nitrogens is 1. The van der Waals surface area contributed by atoms with Crippen molar-refractivity contribution in [3.8, 4) is 11.5 Å². The molecule has 6 heteroatoms. The van der Waals surface area contributed by atoms with Gasteiger partial charge in [-0.25, -0.2) is 0 Å². The third kappa shape index (κ3) is 4.37. The van der Waals surface area contributed by atoms with Gasteiger partial charge in [-0.2, -0.15) is 0 Å². The number of aliphatic imine (C=N–C) groups is 1. The molecule has 0 radical (unpaired) electrons. The molecule has 0 spiro atoms. The number of nitrogens with zero attached hydrogens (tertiary/aromatic N) is 2. The molecule has 3 N–H and O–H groups in total. The Bertz CT molecular complexity index is 629. The molecule has 22 heavy (non-hydrogen) atoms. The maximum Gasteiger partial charge on any atom is 0.193 e. The zero-order valence-corrected chi connectivity index (χ0v) is 12.7. The van der Waals surface area contributed by atoms with Gasteiger partial charge in [-0.1, -0.05) is 6.07 Å². The summed E-state index contributed by atoms with van der Waals surface area (Å²) in [6, 6.07) is 9.35. The molecule has 1 aromatic heterocycles. The zero-order chi connectivity index (χ0) is 15.8. The third-order valence-electron chi connectivity index (χ3n) is 3.07. The summed E-state index contributed by atoms with van der Waals surface area (Å²) in [5.74, 6) is 1.72. The van der Waals surface area contributed by atoms with Crippen LogP contribution in [0.4, 0.5) is 5.69 Å². The smallest absolute Gasteiger partial charge is 0.193 e. The van der Waals surface area contributed by atoms with Crippen LogP contribution >= 0.6 is 0 Å². The number of rotatable bonds is 6. The van der Waals surface area contributed by atoms with Gasteiger partial charge in [0, 0.05) is 25.0 Å². The molecule has 2 aromatic rings. The highest BCUT2D eigenvalue weighted by atomic mass is 16.5. The third-order valence-corrected chi connectivity index (χ3v) is 3.07. The minimum Gasteiger partial charge on any atom is -0.497 e. The first kappa shape index (κ1) is 15.6. The highest BCUT2D eigenvalue weighted by Crippen LogP contribution is 2.28. The van der Waals surface area contributed by atoms with E-state index in [9.17, 15) is 0 Å². The van der Waals surface area contributed by atoms with Crippen molar-refractivity contribution in [3.63, 3.8) is 0 Å². The maximum absolute atomic E-state index is 5.91. The molecular formula is C16H20N4O2. The van der Waals surface area contributed by atoms with Gasteiger partial charge in [-0.3, -0.25) is 9.98 Å². The van der Waals surface area contributed by atoms with E-state index in [1.165, 1.54) is 0 Å². The Labute approximate surface area is 130 Å². The lowest BCUT2D eigenvalue weighted by atomic mass is 10.2. The van der Waals surface area contributed by atoms with Crippen molar-refractivity contribution >= 4 is 11.6 Å². The molecule has 1 heterocycles. The summed E-state index contributed by atoms with van der Waals surface area (Å²) in [5, 5.41) is 3.03. The predicted octanol–water partition coefficient (Wildman–Crippen LogP) is 2.07. The molecule has 0 saturated carbocycles. The number of ether oxygens (including phenoxy) is 2. The SMILES string of the molecule is COc1ccc(OC)c(NC(N)=NCCc2cccnc2)c1. The minimum absolute atomic E-state index is 0.329. The van der Waals surface area contributed by atoms with Crippen LogP contribution in [0, 0.1) is 0 Å². The van der Waals surface area contributed by atoms with Gasteiger partial charge in [0.2, 0.25) is 0 Å². The van der Waals surface area contributed by atoms with Crippen LogP contribution in [0.3, 0.4) is 0 Å². The van der Waals surface area contributed by atoms with Gasteiger partial charge < -0.3 is 20.5 Å². The molecule has 0 fully saturated rings. The molecule has 2 rings (SSSR count). The van der Waals surface area contributed by atoms with Crippen LogP contribution in [0.1, 0.15) is 5.56 Å². The minimum atomic E-state index is 0.329. The van der Waals surface area contributed by atoms with E-state index in [-0.39, 0.29) is 0 Å². The molecule has 6 nitrogen and oxygen atoms in total. The lowest BCUT2D eigenvalue weighted by Crippen LogP contribution is -2.23. The first-order valence-electron chi connectivity index (χ1n) is 6.91. The van der Waals surface area contributed by atoms with Crippen molar-refractivity contribution in [2.75, 3.05) is 26.1 Å². The van der Waals surface area contributed by atoms with Crippen LogP contribution in [0.25, 0.3) is 0 Å². The normalized spacial score (nSPS) is 11.1. The van der Waals surface area contributed by atoms with Crippen molar-refractivity contribution in [1.29, 1.82) is 0 Å². The largest absolute Gasteiger partial charge is 0.497 e. The fourth-order valence-corrected chi connectivity index (χ4v) is 1.94. The van der Waals surface area contributed by atoms with Crippen LogP contribution < -0.4 is 20.5 Å². The van der Waals surface area contributed by atoms with Crippen LogP contribution in [0.5, 0.6) is 11.5 Å². The van der Waals surface area contributed by atoms with E-state index in [0.717, 1.165) is 12.0 Å². The van der Waals surface area contributed by atoms with Crippen molar-refractivity contribution in [3.05, 3.63) is 48.3 Å². The Hall–Kier alpha value is -2.76. The van der Waals surface area contributed by atoms with Crippen molar-refractivity contribution in [2.45, 2.75) is 6.42 Å². The van der Waals surface area contributed by atoms with E-state index < -0.39 is 0 Å². The van der Waals surface area contributed by atoms with Gasteiger partial charge in [0.15, 0.2) is 5.96 Å². The summed E-state index contributed by atoms with van der Waals surface area (Å²) in [7, 11) is 3.21. The first-order chi connectivity index (χ1) is 10.7. The second-order valence-electron chi connectivity index (χ2n) is 4.57. The lowest BCUT2D eigenvalue weighted by molar-refractivity contribution is 0.405. The van der Waals surface area contributed by atoms with Crippen LogP contribution in [-0.4, -0.2) is 31.7 Å². The predicted molar refractivity (Wildman–Crippen MR) is 87.6 cm³/mol. The van der Waals surface area contributed by atoms with Gasteiger partial charge in [0.1, 0.15) is 11.5 Å². The summed E-state index contributed by atoms with van der Waals surface area (Å²) < 4.78 is 10.5. The maximum atomic E-state index is 5.91. The molecule has 0 atom stereocenters. The second kappa shape index (κ2) is 7.87. The first-order valence-corrected chi connectivity index (χ1v) is 6.91. The van der Waals surface area contributed by atoms with Crippen molar-refractivity contribution < 1.29 is 9.47 Å².